The second-order valence-corrected chi connectivity index (χ2v) is 10.4. The maximum atomic E-state index is 13.5. The number of nitrogens with zero attached hydrogens (tertiary/aromatic N) is 2. The molecular formula is C28H20N2O4S. The molecule has 2 aromatic heterocycles. The molecule has 6 rings (SSSR count). The molecular weight excluding hydrogens is 460 g/mol. The van der Waals surface area contributed by atoms with Crippen LogP contribution < -0.4 is 0 Å². The van der Waals surface area contributed by atoms with Gasteiger partial charge in [0.1, 0.15) is 11.0 Å². The molecule has 0 spiro atoms. The predicted molar refractivity (Wildman–Crippen MR) is 134 cm³/mol. The first-order chi connectivity index (χ1) is 16.9. The molecule has 0 aliphatic rings. The number of rotatable bonds is 4. The zero-order chi connectivity index (χ0) is 24.2. The van der Waals surface area contributed by atoms with Gasteiger partial charge in [-0.3, -0.25) is 0 Å². The number of oxazole rings is 2. The summed E-state index contributed by atoms with van der Waals surface area (Å²) in [6, 6.07) is 25.0. The van der Waals surface area contributed by atoms with E-state index in [4.69, 9.17) is 8.83 Å². The van der Waals surface area contributed by atoms with Gasteiger partial charge in [-0.2, -0.15) is 0 Å². The number of aromatic nitrogens is 2. The van der Waals surface area contributed by atoms with Crippen molar-refractivity contribution in [1.82, 2.24) is 9.97 Å². The van der Waals surface area contributed by atoms with Gasteiger partial charge in [-0.05, 0) is 73.5 Å². The zero-order valence-electron chi connectivity index (χ0n) is 19.0. The minimum absolute atomic E-state index is 0.136. The Labute approximate surface area is 201 Å². The van der Waals surface area contributed by atoms with E-state index in [0.29, 0.717) is 34.0 Å². The minimum Gasteiger partial charge on any atom is -0.436 e. The topological polar surface area (TPSA) is 86.2 Å². The van der Waals surface area contributed by atoms with Crippen molar-refractivity contribution >= 4 is 32.0 Å². The molecule has 172 valence electrons. The molecule has 6 aromatic rings. The summed E-state index contributed by atoms with van der Waals surface area (Å²) in [6.45, 7) is 3.95. The fourth-order valence-corrected chi connectivity index (χ4v) is 5.44. The smallest absolute Gasteiger partial charge is 0.227 e. The van der Waals surface area contributed by atoms with Gasteiger partial charge in [-0.15, -0.1) is 0 Å². The molecule has 0 radical (unpaired) electrons. The number of hydrogen-bond donors (Lipinski definition) is 0. The molecule has 7 heteroatoms. The van der Waals surface area contributed by atoms with Gasteiger partial charge in [-0.25, -0.2) is 18.4 Å². The summed E-state index contributed by atoms with van der Waals surface area (Å²) in [5.74, 6) is 0.917. The molecule has 6 nitrogen and oxygen atoms in total. The third kappa shape index (κ3) is 3.61. The van der Waals surface area contributed by atoms with Gasteiger partial charge in [0.25, 0.3) is 0 Å². The van der Waals surface area contributed by atoms with Crippen molar-refractivity contribution in [1.29, 1.82) is 0 Å². The van der Waals surface area contributed by atoms with Crippen LogP contribution in [0.15, 0.2) is 104 Å². The van der Waals surface area contributed by atoms with E-state index in [-0.39, 0.29) is 9.79 Å². The Hall–Kier alpha value is -4.23. The molecule has 0 saturated carbocycles. The molecule has 0 bridgehead atoms. The second kappa shape index (κ2) is 7.92. The fraction of sp³-hybridized carbons (Fsp3) is 0.0714. The van der Waals surface area contributed by atoms with Crippen molar-refractivity contribution in [3.05, 3.63) is 96.1 Å². The Morgan fingerprint density at radius 1 is 0.600 bits per heavy atom. The van der Waals surface area contributed by atoms with Crippen molar-refractivity contribution in [2.75, 3.05) is 0 Å². The maximum absolute atomic E-state index is 13.5. The van der Waals surface area contributed by atoms with E-state index in [1.165, 1.54) is 12.1 Å². The zero-order valence-corrected chi connectivity index (χ0v) is 19.8. The normalized spacial score (nSPS) is 11.9. The first kappa shape index (κ1) is 21.3. The van der Waals surface area contributed by atoms with Gasteiger partial charge < -0.3 is 8.83 Å². The van der Waals surface area contributed by atoms with Crippen LogP contribution in [0.5, 0.6) is 0 Å². The van der Waals surface area contributed by atoms with Gasteiger partial charge in [-0.1, -0.05) is 36.4 Å². The lowest BCUT2D eigenvalue weighted by Gasteiger charge is -2.04. The van der Waals surface area contributed by atoms with Crippen LogP contribution in [0.1, 0.15) is 11.1 Å². The van der Waals surface area contributed by atoms with Crippen LogP contribution in [0, 0.1) is 13.8 Å². The summed E-state index contributed by atoms with van der Waals surface area (Å²) in [5, 5.41) is 0. The average Bonchev–Trinajstić information content (AvgIpc) is 3.47. The van der Waals surface area contributed by atoms with Crippen molar-refractivity contribution in [2.24, 2.45) is 0 Å². The molecule has 2 heterocycles. The standard InChI is InChI=1S/C28H20N2O4S/c1-17-7-3-5-9-21(17)27-29-23-15-19(11-13-25(23)33-27)35(31,32)20-12-14-26-24(16-20)30-28(34-26)22-10-6-4-8-18(22)2/h3-16H,1-2H3. The average molecular weight is 481 g/mol. The molecule has 0 unspecified atom stereocenters. The van der Waals surface area contributed by atoms with E-state index >= 15 is 0 Å². The Kier molecular flexibility index (Phi) is 4.82. The number of aryl methyl sites for hydroxylation is 2. The fourth-order valence-electron chi connectivity index (χ4n) is 4.14. The SMILES string of the molecule is Cc1ccccc1-c1nc2cc(S(=O)(=O)c3ccc4oc(-c5ccccc5C)nc4c3)ccc2o1. The number of fused-ring (bicyclic) bond motifs is 2. The van der Waals surface area contributed by atoms with Crippen LogP contribution in [-0.4, -0.2) is 18.4 Å². The lowest BCUT2D eigenvalue weighted by Crippen LogP contribution is -2.01. The lowest BCUT2D eigenvalue weighted by molar-refractivity contribution is 0.596. The summed E-state index contributed by atoms with van der Waals surface area (Å²) >= 11 is 0. The number of hydrogen-bond acceptors (Lipinski definition) is 6. The number of sulfone groups is 1. The highest BCUT2D eigenvalue weighted by Gasteiger charge is 2.22. The molecule has 0 atom stereocenters. The van der Waals surface area contributed by atoms with Gasteiger partial charge in [0.05, 0.1) is 9.79 Å². The van der Waals surface area contributed by atoms with E-state index in [1.54, 1.807) is 24.3 Å². The largest absolute Gasteiger partial charge is 0.436 e. The quantitative estimate of drug-likeness (QED) is 0.277. The summed E-state index contributed by atoms with van der Waals surface area (Å²) in [4.78, 5) is 9.37. The van der Waals surface area contributed by atoms with Gasteiger partial charge in [0.2, 0.25) is 21.6 Å². The van der Waals surface area contributed by atoms with Crippen molar-refractivity contribution < 1.29 is 17.3 Å². The Morgan fingerprint density at radius 3 is 1.46 bits per heavy atom. The highest BCUT2D eigenvalue weighted by atomic mass is 32.2. The Morgan fingerprint density at radius 2 is 1.03 bits per heavy atom. The molecule has 0 N–H and O–H groups in total. The van der Waals surface area contributed by atoms with Gasteiger partial charge in [0.15, 0.2) is 11.2 Å². The Balaban J connectivity index is 1.40. The van der Waals surface area contributed by atoms with Crippen LogP contribution in [0.4, 0.5) is 0 Å². The molecule has 0 aliphatic carbocycles. The van der Waals surface area contributed by atoms with E-state index in [9.17, 15) is 8.42 Å². The number of benzene rings is 4. The van der Waals surface area contributed by atoms with Crippen LogP contribution >= 0.6 is 0 Å². The third-order valence-corrected chi connectivity index (χ3v) is 7.84. The van der Waals surface area contributed by atoms with Crippen LogP contribution in [-0.2, 0) is 9.84 Å². The van der Waals surface area contributed by atoms with E-state index in [1.807, 2.05) is 62.4 Å². The molecule has 0 amide bonds. The van der Waals surface area contributed by atoms with Crippen molar-refractivity contribution in [3.63, 3.8) is 0 Å². The van der Waals surface area contributed by atoms with Gasteiger partial charge >= 0.3 is 0 Å². The summed E-state index contributed by atoms with van der Waals surface area (Å²) in [5.41, 5.74) is 5.80. The molecule has 0 aliphatic heterocycles. The van der Waals surface area contributed by atoms with E-state index in [0.717, 1.165) is 22.3 Å². The lowest BCUT2D eigenvalue weighted by atomic mass is 10.1. The Bertz CT molecular complexity index is 1720. The summed E-state index contributed by atoms with van der Waals surface area (Å²) in [7, 11) is -3.81. The third-order valence-electron chi connectivity index (χ3n) is 6.09. The highest BCUT2D eigenvalue weighted by Crippen LogP contribution is 2.32. The predicted octanol–water partition coefficient (Wildman–Crippen LogP) is 6.75. The highest BCUT2D eigenvalue weighted by molar-refractivity contribution is 7.91. The molecule has 35 heavy (non-hydrogen) atoms. The monoisotopic (exact) mass is 480 g/mol. The van der Waals surface area contributed by atoms with Crippen LogP contribution in [0.3, 0.4) is 0 Å². The van der Waals surface area contributed by atoms with E-state index in [2.05, 4.69) is 9.97 Å². The second-order valence-electron chi connectivity index (χ2n) is 8.43. The maximum Gasteiger partial charge on any atom is 0.227 e. The minimum atomic E-state index is -3.81. The first-order valence-corrected chi connectivity index (χ1v) is 12.6. The van der Waals surface area contributed by atoms with E-state index < -0.39 is 9.84 Å². The van der Waals surface area contributed by atoms with Crippen LogP contribution in [0.25, 0.3) is 45.1 Å². The van der Waals surface area contributed by atoms with Crippen LogP contribution in [0.2, 0.25) is 0 Å². The molecule has 4 aromatic carbocycles. The van der Waals surface area contributed by atoms with Crippen molar-refractivity contribution in [3.8, 4) is 22.9 Å². The summed E-state index contributed by atoms with van der Waals surface area (Å²) in [6.07, 6.45) is 0. The molecule has 0 saturated heterocycles. The van der Waals surface area contributed by atoms with Gasteiger partial charge in [0, 0.05) is 11.1 Å². The first-order valence-electron chi connectivity index (χ1n) is 11.1. The molecule has 0 fully saturated rings. The van der Waals surface area contributed by atoms with Crippen molar-refractivity contribution in [2.45, 2.75) is 23.6 Å². The summed E-state index contributed by atoms with van der Waals surface area (Å²) < 4.78 is 38.7.